The molecule has 1 amide bonds. The highest BCUT2D eigenvalue weighted by Crippen LogP contribution is 2.39. The molecule has 5 nitrogen and oxygen atoms in total. The molecule has 34 heavy (non-hydrogen) atoms. The van der Waals surface area contributed by atoms with E-state index in [2.05, 4.69) is 15.9 Å². The van der Waals surface area contributed by atoms with Crippen LogP contribution in [-0.2, 0) is 16.4 Å². The van der Waals surface area contributed by atoms with Gasteiger partial charge in [0, 0.05) is 34.9 Å². The van der Waals surface area contributed by atoms with Crippen LogP contribution in [0.25, 0.3) is 0 Å². The molecule has 170 valence electrons. The molecule has 0 saturated carbocycles. The number of anilines is 3. The normalized spacial score (nSPS) is 12.6. The summed E-state index contributed by atoms with van der Waals surface area (Å²) in [6.45, 7) is 0. The highest BCUT2D eigenvalue weighted by Gasteiger charge is 2.34. The lowest BCUT2D eigenvalue weighted by molar-refractivity contribution is 0.100. The van der Waals surface area contributed by atoms with Crippen molar-refractivity contribution in [2.24, 2.45) is 0 Å². The molecule has 7 heteroatoms. The molecule has 4 aromatic carbocycles. The molecule has 0 aliphatic carbocycles. The fourth-order valence-electron chi connectivity index (χ4n) is 4.33. The summed E-state index contributed by atoms with van der Waals surface area (Å²) in [5.41, 5.74) is 4.50. The standard InChI is InChI=1S/C27H21BrN2O3S/c1-29-25-12-6-5-8-19(25)18-24-23(11-7-13-26(24)29)27(31)30(21-9-3-2-4-10-21)34(32,33)22-16-14-20(28)15-17-22/h2-17H,18H2,1H3. The second-order valence-electron chi connectivity index (χ2n) is 8.03. The number of benzene rings is 4. The molecule has 0 spiro atoms. The number of nitrogens with zero attached hydrogens (tertiary/aromatic N) is 2. The molecule has 0 fully saturated rings. The van der Waals surface area contributed by atoms with E-state index >= 15 is 0 Å². The van der Waals surface area contributed by atoms with Gasteiger partial charge in [-0.15, -0.1) is 0 Å². The van der Waals surface area contributed by atoms with Crippen molar-refractivity contribution in [1.29, 1.82) is 0 Å². The van der Waals surface area contributed by atoms with E-state index in [9.17, 15) is 13.2 Å². The molecule has 0 bridgehead atoms. The van der Waals surface area contributed by atoms with Gasteiger partial charge in [0.1, 0.15) is 0 Å². The minimum absolute atomic E-state index is 0.0418. The average Bonchev–Trinajstić information content (AvgIpc) is 2.85. The summed E-state index contributed by atoms with van der Waals surface area (Å²) in [7, 11) is -2.21. The Bertz CT molecular complexity index is 1490. The number of amides is 1. The highest BCUT2D eigenvalue weighted by atomic mass is 79.9. The number of rotatable bonds is 4. The summed E-state index contributed by atoms with van der Waals surface area (Å²) in [6, 6.07) is 28.3. The molecule has 4 aromatic rings. The van der Waals surface area contributed by atoms with Gasteiger partial charge >= 0.3 is 0 Å². The minimum Gasteiger partial charge on any atom is -0.344 e. The van der Waals surface area contributed by atoms with Crippen LogP contribution in [-0.4, -0.2) is 21.4 Å². The molecule has 1 aliphatic rings. The van der Waals surface area contributed by atoms with E-state index in [-0.39, 0.29) is 10.6 Å². The third kappa shape index (κ3) is 3.81. The second-order valence-corrected chi connectivity index (χ2v) is 10.7. The van der Waals surface area contributed by atoms with Gasteiger partial charge in [-0.05, 0) is 65.7 Å². The van der Waals surface area contributed by atoms with Gasteiger partial charge in [0.05, 0.1) is 10.6 Å². The minimum atomic E-state index is -4.17. The first kappa shape index (κ1) is 22.4. The highest BCUT2D eigenvalue weighted by molar-refractivity contribution is 9.10. The van der Waals surface area contributed by atoms with Crippen LogP contribution >= 0.6 is 15.9 Å². The van der Waals surface area contributed by atoms with Crippen molar-refractivity contribution in [2.75, 3.05) is 16.3 Å². The van der Waals surface area contributed by atoms with E-state index < -0.39 is 15.9 Å². The first-order valence-electron chi connectivity index (χ1n) is 10.7. The maximum Gasteiger partial charge on any atom is 0.272 e. The Balaban J connectivity index is 1.66. The van der Waals surface area contributed by atoms with Gasteiger partial charge in [-0.3, -0.25) is 4.79 Å². The predicted molar refractivity (Wildman–Crippen MR) is 138 cm³/mol. The first-order chi connectivity index (χ1) is 16.4. The quantitative estimate of drug-likeness (QED) is 0.316. The Labute approximate surface area is 207 Å². The Morgan fingerprint density at radius 3 is 2.21 bits per heavy atom. The first-order valence-corrected chi connectivity index (χ1v) is 12.9. The van der Waals surface area contributed by atoms with Gasteiger partial charge in [-0.25, -0.2) is 8.42 Å². The molecule has 1 aliphatic heterocycles. The van der Waals surface area contributed by atoms with Crippen LogP contribution in [0.15, 0.2) is 106 Å². The second kappa shape index (κ2) is 8.74. The van der Waals surface area contributed by atoms with E-state index in [0.29, 0.717) is 12.0 Å². The fraction of sp³-hybridized carbons (Fsp3) is 0.0741. The van der Waals surface area contributed by atoms with Crippen LogP contribution in [0.5, 0.6) is 0 Å². The Morgan fingerprint density at radius 2 is 1.47 bits per heavy atom. The summed E-state index contributed by atoms with van der Waals surface area (Å²) < 4.78 is 29.2. The smallest absolute Gasteiger partial charge is 0.272 e. The Morgan fingerprint density at radius 1 is 0.824 bits per heavy atom. The molecule has 0 aromatic heterocycles. The third-order valence-corrected chi connectivity index (χ3v) is 8.24. The van der Waals surface area contributed by atoms with E-state index in [0.717, 1.165) is 31.3 Å². The van der Waals surface area contributed by atoms with E-state index in [1.807, 2.05) is 42.3 Å². The lowest BCUT2D eigenvalue weighted by atomic mass is 9.92. The Kier molecular flexibility index (Phi) is 5.75. The summed E-state index contributed by atoms with van der Waals surface area (Å²) >= 11 is 3.34. The largest absolute Gasteiger partial charge is 0.344 e. The van der Waals surface area contributed by atoms with E-state index in [4.69, 9.17) is 0 Å². The number of carbonyl (C=O) groups excluding carboxylic acids is 1. The van der Waals surface area contributed by atoms with Crippen LogP contribution < -0.4 is 9.21 Å². The number of para-hydroxylation sites is 2. The molecule has 0 atom stereocenters. The van der Waals surface area contributed by atoms with Gasteiger partial charge < -0.3 is 4.90 Å². The number of halogens is 1. The molecular weight excluding hydrogens is 512 g/mol. The van der Waals surface area contributed by atoms with E-state index in [1.165, 1.54) is 12.1 Å². The van der Waals surface area contributed by atoms with Crippen molar-refractivity contribution >= 4 is 48.9 Å². The molecule has 0 saturated heterocycles. The Hall–Kier alpha value is -3.42. The number of sulfonamides is 1. The molecule has 0 unspecified atom stereocenters. The van der Waals surface area contributed by atoms with Gasteiger partial charge in [-0.1, -0.05) is 58.4 Å². The number of hydrogen-bond acceptors (Lipinski definition) is 4. The molecule has 0 radical (unpaired) electrons. The summed E-state index contributed by atoms with van der Waals surface area (Å²) in [5.74, 6) is -0.584. The molecule has 0 N–H and O–H groups in total. The van der Waals surface area contributed by atoms with E-state index in [1.54, 1.807) is 54.6 Å². The van der Waals surface area contributed by atoms with Crippen LogP contribution in [0.4, 0.5) is 17.1 Å². The zero-order chi connectivity index (χ0) is 23.9. The van der Waals surface area contributed by atoms with Crippen LogP contribution in [0.3, 0.4) is 0 Å². The van der Waals surface area contributed by atoms with Gasteiger partial charge in [0.2, 0.25) is 0 Å². The van der Waals surface area contributed by atoms with Crippen LogP contribution in [0.1, 0.15) is 21.5 Å². The average molecular weight is 533 g/mol. The van der Waals surface area contributed by atoms with Crippen LogP contribution in [0, 0.1) is 0 Å². The monoisotopic (exact) mass is 532 g/mol. The van der Waals surface area contributed by atoms with Crippen molar-refractivity contribution in [2.45, 2.75) is 11.3 Å². The van der Waals surface area contributed by atoms with Gasteiger partial charge in [-0.2, -0.15) is 4.31 Å². The van der Waals surface area contributed by atoms with Crippen molar-refractivity contribution in [3.05, 3.63) is 118 Å². The van der Waals surface area contributed by atoms with Crippen molar-refractivity contribution < 1.29 is 13.2 Å². The van der Waals surface area contributed by atoms with Crippen LogP contribution in [0.2, 0.25) is 0 Å². The maximum atomic E-state index is 14.0. The van der Waals surface area contributed by atoms with Crippen molar-refractivity contribution in [3.63, 3.8) is 0 Å². The zero-order valence-corrected chi connectivity index (χ0v) is 20.8. The molecular formula is C27H21BrN2O3S. The van der Waals surface area contributed by atoms with Gasteiger partial charge in [0.25, 0.3) is 15.9 Å². The zero-order valence-electron chi connectivity index (χ0n) is 18.4. The molecule has 5 rings (SSSR count). The predicted octanol–water partition coefficient (Wildman–Crippen LogP) is 6.16. The number of carbonyl (C=O) groups is 1. The van der Waals surface area contributed by atoms with Crippen molar-refractivity contribution in [1.82, 2.24) is 0 Å². The maximum absolute atomic E-state index is 14.0. The topological polar surface area (TPSA) is 57.7 Å². The molecule has 1 heterocycles. The number of hydrogen-bond donors (Lipinski definition) is 0. The lowest BCUT2D eigenvalue weighted by Gasteiger charge is -2.32. The number of fused-ring (bicyclic) bond motifs is 2. The SMILES string of the molecule is CN1c2ccccc2Cc2c(C(=O)N(c3ccccc3)S(=O)(=O)c3ccc(Br)cc3)cccc21. The summed E-state index contributed by atoms with van der Waals surface area (Å²) in [5, 5.41) is 0. The van der Waals surface area contributed by atoms with Crippen molar-refractivity contribution in [3.8, 4) is 0 Å². The fourth-order valence-corrected chi connectivity index (χ4v) is 6.00. The third-order valence-electron chi connectivity index (χ3n) is 5.99. The van der Waals surface area contributed by atoms with Gasteiger partial charge in [0.15, 0.2) is 0 Å². The summed E-state index contributed by atoms with van der Waals surface area (Å²) in [4.78, 5) is 16.1. The lowest BCUT2D eigenvalue weighted by Crippen LogP contribution is -2.38. The summed E-state index contributed by atoms with van der Waals surface area (Å²) in [6.07, 6.45) is 0.540.